The Bertz CT molecular complexity index is 971. The van der Waals surface area contributed by atoms with E-state index in [0.717, 1.165) is 30.0 Å². The summed E-state index contributed by atoms with van der Waals surface area (Å²) in [6.45, 7) is 5.72. The molecule has 4 nitrogen and oxygen atoms in total. The van der Waals surface area contributed by atoms with Crippen LogP contribution < -0.4 is 0 Å². The molecule has 3 aromatic rings. The first-order valence-corrected chi connectivity index (χ1v) is 9.99. The van der Waals surface area contributed by atoms with Gasteiger partial charge in [-0.1, -0.05) is 68.4 Å². The van der Waals surface area contributed by atoms with Crippen LogP contribution in [-0.2, 0) is 31.2 Å². The molecule has 2 heterocycles. The number of hydrogen-bond acceptors (Lipinski definition) is 2. The lowest BCUT2D eigenvalue weighted by Crippen LogP contribution is -2.37. The fourth-order valence-corrected chi connectivity index (χ4v) is 4.01. The average Bonchev–Trinajstić information content (AvgIpc) is 3.05. The standard InChI is InChI=1S/C24H27N3O/c1-17(2)24-25-21-16-27(14-13-22(21)26(24)3)23(28)15-18-9-11-20(12-10-18)19-7-5-4-6-8-19/h4-12,17H,13-16H2,1-3H3. The Balaban J connectivity index is 1.44. The van der Waals surface area contributed by atoms with E-state index >= 15 is 0 Å². The molecule has 1 aliphatic rings. The molecule has 0 saturated heterocycles. The van der Waals surface area contributed by atoms with Crippen molar-refractivity contribution in [3.05, 3.63) is 77.4 Å². The molecule has 0 bridgehead atoms. The molecule has 0 spiro atoms. The fraction of sp³-hybridized carbons (Fsp3) is 0.333. The van der Waals surface area contributed by atoms with Crippen LogP contribution in [0.2, 0.25) is 0 Å². The van der Waals surface area contributed by atoms with E-state index in [0.29, 0.717) is 18.9 Å². The summed E-state index contributed by atoms with van der Waals surface area (Å²) in [5.41, 5.74) is 5.76. The van der Waals surface area contributed by atoms with Gasteiger partial charge in [-0.2, -0.15) is 0 Å². The van der Waals surface area contributed by atoms with Gasteiger partial charge in [-0.3, -0.25) is 4.79 Å². The zero-order chi connectivity index (χ0) is 19.7. The van der Waals surface area contributed by atoms with Gasteiger partial charge in [0.25, 0.3) is 0 Å². The molecule has 2 aromatic carbocycles. The number of amides is 1. The maximum atomic E-state index is 12.8. The highest BCUT2D eigenvalue weighted by Crippen LogP contribution is 2.24. The van der Waals surface area contributed by atoms with E-state index in [2.05, 4.69) is 61.9 Å². The number of imidazole rings is 1. The molecule has 4 heteroatoms. The van der Waals surface area contributed by atoms with Crippen molar-refractivity contribution in [2.45, 2.75) is 39.2 Å². The van der Waals surface area contributed by atoms with E-state index in [4.69, 9.17) is 4.98 Å². The lowest BCUT2D eigenvalue weighted by Gasteiger charge is -2.27. The van der Waals surface area contributed by atoms with E-state index in [9.17, 15) is 4.79 Å². The van der Waals surface area contributed by atoms with Gasteiger partial charge >= 0.3 is 0 Å². The highest BCUT2D eigenvalue weighted by atomic mass is 16.2. The summed E-state index contributed by atoms with van der Waals surface area (Å²) in [6, 6.07) is 18.6. The number of benzene rings is 2. The average molecular weight is 374 g/mol. The van der Waals surface area contributed by atoms with Crippen LogP contribution in [0.1, 0.15) is 42.5 Å². The van der Waals surface area contributed by atoms with Crippen LogP contribution in [0, 0.1) is 0 Å². The topological polar surface area (TPSA) is 38.1 Å². The van der Waals surface area contributed by atoms with Crippen molar-refractivity contribution >= 4 is 5.91 Å². The van der Waals surface area contributed by atoms with Gasteiger partial charge in [-0.15, -0.1) is 0 Å². The third-order valence-electron chi connectivity index (χ3n) is 5.58. The smallest absolute Gasteiger partial charge is 0.227 e. The molecule has 0 N–H and O–H groups in total. The molecule has 0 fully saturated rings. The summed E-state index contributed by atoms with van der Waals surface area (Å²) in [6.07, 6.45) is 1.32. The van der Waals surface area contributed by atoms with Gasteiger partial charge in [0.15, 0.2) is 0 Å². The van der Waals surface area contributed by atoms with E-state index < -0.39 is 0 Å². The zero-order valence-corrected chi connectivity index (χ0v) is 16.9. The van der Waals surface area contributed by atoms with Gasteiger partial charge in [-0.05, 0) is 16.7 Å². The molecular weight excluding hydrogens is 346 g/mol. The zero-order valence-electron chi connectivity index (χ0n) is 16.9. The Hall–Kier alpha value is -2.88. The molecule has 4 rings (SSSR count). The third kappa shape index (κ3) is 3.59. The SMILES string of the molecule is CC(C)c1nc2c(n1C)CCN(C(=O)Cc1ccc(-c3ccccc3)cc1)C2. The maximum Gasteiger partial charge on any atom is 0.227 e. The van der Waals surface area contributed by atoms with Crippen molar-refractivity contribution in [3.63, 3.8) is 0 Å². The quantitative estimate of drug-likeness (QED) is 0.682. The number of carbonyl (C=O) groups excluding carboxylic acids is 1. The van der Waals surface area contributed by atoms with Crippen LogP contribution in [0.3, 0.4) is 0 Å². The Morgan fingerprint density at radius 2 is 1.71 bits per heavy atom. The normalized spacial score (nSPS) is 13.6. The predicted octanol–water partition coefficient (Wildman–Crippen LogP) is 4.34. The van der Waals surface area contributed by atoms with E-state index in [1.165, 1.54) is 16.8 Å². The minimum Gasteiger partial charge on any atom is -0.336 e. The summed E-state index contributed by atoms with van der Waals surface area (Å²) >= 11 is 0. The number of aromatic nitrogens is 2. The van der Waals surface area contributed by atoms with Crippen molar-refractivity contribution in [1.82, 2.24) is 14.5 Å². The van der Waals surface area contributed by atoms with Gasteiger partial charge in [0.2, 0.25) is 5.91 Å². The second kappa shape index (κ2) is 7.63. The minimum atomic E-state index is 0.176. The Labute approximate surface area is 166 Å². The van der Waals surface area contributed by atoms with Crippen molar-refractivity contribution in [3.8, 4) is 11.1 Å². The Morgan fingerprint density at radius 1 is 1.04 bits per heavy atom. The molecule has 1 aromatic heterocycles. The van der Waals surface area contributed by atoms with E-state index in [1.807, 2.05) is 23.1 Å². The number of fused-ring (bicyclic) bond motifs is 1. The summed E-state index contributed by atoms with van der Waals surface area (Å²) < 4.78 is 2.21. The van der Waals surface area contributed by atoms with Crippen molar-refractivity contribution in [1.29, 1.82) is 0 Å². The second-order valence-corrected chi connectivity index (χ2v) is 7.88. The van der Waals surface area contributed by atoms with Crippen LogP contribution in [0.15, 0.2) is 54.6 Å². The van der Waals surface area contributed by atoms with Gasteiger partial charge in [0, 0.05) is 31.6 Å². The summed E-state index contributed by atoms with van der Waals surface area (Å²) in [4.78, 5) is 19.6. The molecule has 0 radical (unpaired) electrons. The van der Waals surface area contributed by atoms with Gasteiger partial charge in [0.1, 0.15) is 5.82 Å². The van der Waals surface area contributed by atoms with Crippen LogP contribution in [0.4, 0.5) is 0 Å². The monoisotopic (exact) mass is 373 g/mol. The van der Waals surface area contributed by atoms with Crippen molar-refractivity contribution < 1.29 is 4.79 Å². The third-order valence-corrected chi connectivity index (χ3v) is 5.58. The number of nitrogens with zero attached hydrogens (tertiary/aromatic N) is 3. The fourth-order valence-electron chi connectivity index (χ4n) is 4.01. The van der Waals surface area contributed by atoms with Gasteiger partial charge < -0.3 is 9.47 Å². The Morgan fingerprint density at radius 3 is 2.39 bits per heavy atom. The van der Waals surface area contributed by atoms with Crippen LogP contribution >= 0.6 is 0 Å². The van der Waals surface area contributed by atoms with Crippen LogP contribution in [0.5, 0.6) is 0 Å². The Kier molecular flexibility index (Phi) is 5.03. The first kappa shape index (κ1) is 18.5. The van der Waals surface area contributed by atoms with Crippen molar-refractivity contribution in [2.75, 3.05) is 6.54 Å². The molecule has 144 valence electrons. The van der Waals surface area contributed by atoms with Crippen molar-refractivity contribution in [2.24, 2.45) is 7.05 Å². The van der Waals surface area contributed by atoms with Gasteiger partial charge in [-0.25, -0.2) is 4.98 Å². The molecule has 28 heavy (non-hydrogen) atoms. The highest BCUT2D eigenvalue weighted by molar-refractivity contribution is 5.79. The number of carbonyl (C=O) groups is 1. The first-order valence-electron chi connectivity index (χ1n) is 9.99. The molecule has 0 aliphatic carbocycles. The highest BCUT2D eigenvalue weighted by Gasteiger charge is 2.26. The van der Waals surface area contributed by atoms with E-state index in [1.54, 1.807) is 0 Å². The lowest BCUT2D eigenvalue weighted by atomic mass is 10.0. The number of hydrogen-bond donors (Lipinski definition) is 0. The minimum absolute atomic E-state index is 0.176. The molecule has 1 aliphatic heterocycles. The number of rotatable bonds is 4. The van der Waals surface area contributed by atoms with Gasteiger partial charge in [0.05, 0.1) is 18.7 Å². The lowest BCUT2D eigenvalue weighted by molar-refractivity contribution is -0.131. The molecular formula is C24H27N3O. The summed E-state index contributed by atoms with van der Waals surface area (Å²) in [7, 11) is 2.09. The molecule has 1 amide bonds. The largest absolute Gasteiger partial charge is 0.336 e. The van der Waals surface area contributed by atoms with Crippen LogP contribution in [0.25, 0.3) is 11.1 Å². The molecule has 0 unspecified atom stereocenters. The molecule has 0 saturated carbocycles. The van der Waals surface area contributed by atoms with Crippen LogP contribution in [-0.4, -0.2) is 26.9 Å². The molecule has 0 atom stereocenters. The maximum absolute atomic E-state index is 12.8. The second-order valence-electron chi connectivity index (χ2n) is 7.88. The van der Waals surface area contributed by atoms with E-state index in [-0.39, 0.29) is 5.91 Å². The predicted molar refractivity (Wildman–Crippen MR) is 112 cm³/mol. The summed E-state index contributed by atoms with van der Waals surface area (Å²) in [5, 5.41) is 0. The summed E-state index contributed by atoms with van der Waals surface area (Å²) in [5.74, 6) is 1.67. The first-order chi connectivity index (χ1) is 13.5.